The number of carbonyl (C=O) groups excluding carboxylic acids is 3. The van der Waals surface area contributed by atoms with Gasteiger partial charge in [0.05, 0.1) is 19.3 Å². The predicted molar refractivity (Wildman–Crippen MR) is 167 cm³/mol. The molecule has 1 aliphatic heterocycles. The molecule has 2 atom stereocenters. The summed E-state index contributed by atoms with van der Waals surface area (Å²) >= 11 is 0. The summed E-state index contributed by atoms with van der Waals surface area (Å²) in [6, 6.07) is 22.1. The molecule has 3 aromatic carbocycles. The normalized spacial score (nSPS) is 17.6. The van der Waals surface area contributed by atoms with E-state index in [0.717, 1.165) is 17.0 Å². The molecule has 0 radical (unpaired) electrons. The minimum absolute atomic E-state index is 0.0200. The third kappa shape index (κ3) is 7.20. The van der Waals surface area contributed by atoms with E-state index in [1.54, 1.807) is 25.3 Å². The number of dihydropyridines is 1. The van der Waals surface area contributed by atoms with E-state index in [-0.39, 0.29) is 37.1 Å². The van der Waals surface area contributed by atoms with E-state index in [9.17, 15) is 14.4 Å². The fraction of sp³-hybridized carbons (Fsp3) is 0.306. The van der Waals surface area contributed by atoms with Crippen LogP contribution in [0.1, 0.15) is 56.6 Å². The molecule has 3 aromatic rings. The standard InChI is InChI=1S/C36H37NO8/c1-5-42-32-21-25(13-16-31(32)45-23(3)38)34-33(36(40)44-18-17-43-28-9-7-6-8-10-28)22(2)37-29-19-26(20-30(39)35(29)34)24-11-14-27(41-4)15-12-24/h6-16,21,26,34,37H,5,17-20H2,1-4H3/t26-,34+/m0/s1. The molecule has 234 valence electrons. The summed E-state index contributed by atoms with van der Waals surface area (Å²) in [7, 11) is 1.62. The maximum atomic E-state index is 14.0. The van der Waals surface area contributed by atoms with Crippen molar-refractivity contribution in [3.8, 4) is 23.0 Å². The summed E-state index contributed by atoms with van der Waals surface area (Å²) in [5.41, 5.74) is 3.88. The third-order valence-electron chi connectivity index (χ3n) is 7.82. The van der Waals surface area contributed by atoms with Crippen LogP contribution >= 0.6 is 0 Å². The highest BCUT2D eigenvalue weighted by molar-refractivity contribution is 6.04. The van der Waals surface area contributed by atoms with Crippen molar-refractivity contribution in [2.24, 2.45) is 0 Å². The van der Waals surface area contributed by atoms with Crippen LogP contribution < -0.4 is 24.3 Å². The van der Waals surface area contributed by atoms with E-state index in [1.807, 2.05) is 68.4 Å². The van der Waals surface area contributed by atoms with Crippen molar-refractivity contribution in [1.29, 1.82) is 0 Å². The number of carbonyl (C=O) groups is 3. The number of hydrogen-bond acceptors (Lipinski definition) is 9. The van der Waals surface area contributed by atoms with Gasteiger partial charge in [-0.1, -0.05) is 36.4 Å². The second-order valence-corrected chi connectivity index (χ2v) is 10.8. The van der Waals surface area contributed by atoms with E-state index in [4.69, 9.17) is 23.7 Å². The number of hydrogen-bond donors (Lipinski definition) is 1. The molecular weight excluding hydrogens is 574 g/mol. The number of rotatable bonds is 11. The number of methoxy groups -OCH3 is 1. The van der Waals surface area contributed by atoms with Crippen LogP contribution in [0.4, 0.5) is 0 Å². The van der Waals surface area contributed by atoms with E-state index >= 15 is 0 Å². The van der Waals surface area contributed by atoms with Gasteiger partial charge in [0.15, 0.2) is 17.3 Å². The zero-order chi connectivity index (χ0) is 31.9. The number of benzene rings is 3. The first-order valence-electron chi connectivity index (χ1n) is 15.0. The minimum atomic E-state index is -0.723. The molecule has 1 heterocycles. The number of allylic oxidation sites excluding steroid dienone is 3. The summed E-state index contributed by atoms with van der Waals surface area (Å²) in [6.45, 7) is 5.46. The molecule has 2 aliphatic rings. The molecule has 0 saturated heterocycles. The van der Waals surface area contributed by atoms with Crippen LogP contribution in [0.25, 0.3) is 0 Å². The van der Waals surface area contributed by atoms with Gasteiger partial charge in [-0.25, -0.2) is 4.79 Å². The SMILES string of the molecule is CCOc1cc([C@@H]2C(C(=O)OCCOc3ccccc3)=C(C)NC3=C2C(=O)C[C@@H](c2ccc(OC)cc2)C3)ccc1OC(C)=O. The maximum Gasteiger partial charge on any atom is 0.336 e. The van der Waals surface area contributed by atoms with Crippen molar-refractivity contribution >= 4 is 17.7 Å². The summed E-state index contributed by atoms with van der Waals surface area (Å²) in [5.74, 6) is 0.139. The van der Waals surface area contributed by atoms with Gasteiger partial charge in [-0.2, -0.15) is 0 Å². The molecule has 0 spiro atoms. The van der Waals surface area contributed by atoms with Crippen molar-refractivity contribution in [2.45, 2.75) is 45.4 Å². The van der Waals surface area contributed by atoms with Gasteiger partial charge in [-0.3, -0.25) is 9.59 Å². The predicted octanol–water partition coefficient (Wildman–Crippen LogP) is 6.00. The van der Waals surface area contributed by atoms with E-state index in [0.29, 0.717) is 46.9 Å². The van der Waals surface area contributed by atoms with Gasteiger partial charge in [0, 0.05) is 36.2 Å². The topological polar surface area (TPSA) is 109 Å². The van der Waals surface area contributed by atoms with Gasteiger partial charge in [0.2, 0.25) is 0 Å². The number of ether oxygens (including phenoxy) is 5. The minimum Gasteiger partial charge on any atom is -0.497 e. The first-order valence-corrected chi connectivity index (χ1v) is 15.0. The molecule has 5 rings (SSSR count). The molecule has 9 heteroatoms. The Hall–Kier alpha value is -5.05. The highest BCUT2D eigenvalue weighted by Gasteiger charge is 2.41. The fourth-order valence-electron chi connectivity index (χ4n) is 5.85. The Morgan fingerprint density at radius 2 is 1.60 bits per heavy atom. The zero-order valence-electron chi connectivity index (χ0n) is 25.9. The lowest BCUT2D eigenvalue weighted by Crippen LogP contribution is -2.36. The van der Waals surface area contributed by atoms with Gasteiger partial charge < -0.3 is 29.0 Å². The lowest BCUT2D eigenvalue weighted by molar-refractivity contribution is -0.140. The molecule has 0 unspecified atom stereocenters. The van der Waals surface area contributed by atoms with Gasteiger partial charge in [-0.05, 0) is 73.7 Å². The van der Waals surface area contributed by atoms with Crippen molar-refractivity contribution in [2.75, 3.05) is 26.9 Å². The van der Waals surface area contributed by atoms with Crippen LogP contribution in [-0.2, 0) is 19.1 Å². The monoisotopic (exact) mass is 611 g/mol. The Bertz CT molecular complexity index is 1620. The van der Waals surface area contributed by atoms with Gasteiger partial charge in [0.1, 0.15) is 24.7 Å². The van der Waals surface area contributed by atoms with Gasteiger partial charge in [-0.15, -0.1) is 0 Å². The van der Waals surface area contributed by atoms with E-state index < -0.39 is 17.9 Å². The second-order valence-electron chi connectivity index (χ2n) is 10.8. The van der Waals surface area contributed by atoms with Crippen LogP contribution in [-0.4, -0.2) is 44.7 Å². The average molecular weight is 612 g/mol. The number of para-hydroxylation sites is 1. The van der Waals surface area contributed by atoms with Crippen LogP contribution in [0.3, 0.4) is 0 Å². The Kier molecular flexibility index (Phi) is 9.87. The molecule has 0 amide bonds. The number of Topliss-reactive ketones (excluding diaryl/α,β-unsaturated/α-hetero) is 1. The van der Waals surface area contributed by atoms with Crippen molar-refractivity contribution in [3.63, 3.8) is 0 Å². The van der Waals surface area contributed by atoms with Crippen LogP contribution in [0.15, 0.2) is 95.3 Å². The lowest BCUT2D eigenvalue weighted by atomic mass is 9.71. The quantitative estimate of drug-likeness (QED) is 0.159. The zero-order valence-corrected chi connectivity index (χ0v) is 25.9. The first kappa shape index (κ1) is 31.4. The van der Waals surface area contributed by atoms with Gasteiger partial charge >= 0.3 is 11.9 Å². The Morgan fingerprint density at radius 1 is 0.867 bits per heavy atom. The van der Waals surface area contributed by atoms with Crippen molar-refractivity contribution < 1.29 is 38.1 Å². The summed E-state index contributed by atoms with van der Waals surface area (Å²) in [6.07, 6.45) is 0.859. The highest BCUT2D eigenvalue weighted by atomic mass is 16.6. The molecule has 0 fully saturated rings. The van der Waals surface area contributed by atoms with Crippen LogP contribution in [0, 0.1) is 0 Å². The summed E-state index contributed by atoms with van der Waals surface area (Å²) in [4.78, 5) is 39.5. The number of esters is 2. The third-order valence-corrected chi connectivity index (χ3v) is 7.82. The largest absolute Gasteiger partial charge is 0.497 e. The first-order chi connectivity index (χ1) is 21.8. The Morgan fingerprint density at radius 3 is 2.29 bits per heavy atom. The summed E-state index contributed by atoms with van der Waals surface area (Å²) < 4.78 is 27.9. The molecule has 9 nitrogen and oxygen atoms in total. The van der Waals surface area contributed by atoms with E-state index in [1.165, 1.54) is 6.92 Å². The highest BCUT2D eigenvalue weighted by Crippen LogP contribution is 2.47. The Labute approximate surface area is 262 Å². The smallest absolute Gasteiger partial charge is 0.336 e. The summed E-state index contributed by atoms with van der Waals surface area (Å²) in [5, 5.41) is 3.38. The molecule has 0 aromatic heterocycles. The number of nitrogens with one attached hydrogen (secondary N) is 1. The lowest BCUT2D eigenvalue weighted by Gasteiger charge is -2.37. The molecule has 1 N–H and O–H groups in total. The van der Waals surface area contributed by atoms with Crippen molar-refractivity contribution in [3.05, 3.63) is 106 Å². The molecule has 45 heavy (non-hydrogen) atoms. The maximum absolute atomic E-state index is 14.0. The molecular formula is C36H37NO8. The Balaban J connectivity index is 1.48. The van der Waals surface area contributed by atoms with Crippen molar-refractivity contribution in [1.82, 2.24) is 5.32 Å². The molecule has 0 bridgehead atoms. The van der Waals surface area contributed by atoms with Crippen LogP contribution in [0.2, 0.25) is 0 Å². The molecule has 1 aliphatic carbocycles. The second kappa shape index (κ2) is 14.2. The van der Waals surface area contributed by atoms with Gasteiger partial charge in [0.25, 0.3) is 0 Å². The average Bonchev–Trinajstić information content (AvgIpc) is 3.03. The molecule has 0 saturated carbocycles. The number of ketones is 1. The fourth-order valence-corrected chi connectivity index (χ4v) is 5.85. The van der Waals surface area contributed by atoms with Crippen LogP contribution in [0.5, 0.6) is 23.0 Å². The van der Waals surface area contributed by atoms with E-state index in [2.05, 4.69) is 5.32 Å².